The molecule has 0 saturated heterocycles. The number of Topliss-reactive ketones (excluding diaryl/α,β-unsaturated/α-hetero) is 2. The summed E-state index contributed by atoms with van der Waals surface area (Å²) in [5.74, 6) is -1.30. The van der Waals surface area contributed by atoms with E-state index in [0.29, 0.717) is 21.7 Å². The van der Waals surface area contributed by atoms with Gasteiger partial charge in [-0.1, -0.05) is 84.9 Å². The fraction of sp³-hybridized carbons (Fsp3) is 0. The minimum atomic E-state index is -3.46. The predicted octanol–water partition coefficient (Wildman–Crippen LogP) is 3.81. The number of benzene rings is 3. The second-order valence-electron chi connectivity index (χ2n) is 6.06. The summed E-state index contributed by atoms with van der Waals surface area (Å²) in [6.07, 6.45) is 1.61. The zero-order chi connectivity index (χ0) is 18.1. The van der Waals surface area contributed by atoms with Gasteiger partial charge >= 0.3 is 0 Å². The maximum absolute atomic E-state index is 14.3. The largest absolute Gasteiger partial charge is 0.308 e. The summed E-state index contributed by atoms with van der Waals surface area (Å²) in [7, 11) is -3.46. The van der Waals surface area contributed by atoms with Gasteiger partial charge in [0.2, 0.25) is 11.6 Å². The molecule has 0 amide bonds. The van der Waals surface area contributed by atoms with Gasteiger partial charge in [0, 0.05) is 16.2 Å². The van der Waals surface area contributed by atoms with E-state index in [9.17, 15) is 14.2 Å². The third-order valence-electron chi connectivity index (χ3n) is 4.52. The minimum absolute atomic E-state index is 0.0681. The fourth-order valence-electron chi connectivity index (χ4n) is 3.22. The molecule has 0 radical (unpaired) electrons. The van der Waals surface area contributed by atoms with Crippen LogP contribution in [0.2, 0.25) is 0 Å². The van der Waals surface area contributed by atoms with Crippen LogP contribution in [0.15, 0.2) is 90.2 Å². The molecule has 1 aliphatic carbocycles. The average molecular weight is 358 g/mol. The number of fused-ring (bicyclic) bond motifs is 1. The van der Waals surface area contributed by atoms with E-state index in [1.165, 1.54) is 0 Å². The van der Waals surface area contributed by atoms with Crippen molar-refractivity contribution in [1.29, 1.82) is 0 Å². The van der Waals surface area contributed by atoms with Gasteiger partial charge in [-0.15, -0.1) is 0 Å². The van der Waals surface area contributed by atoms with Crippen LogP contribution in [0.25, 0.3) is 6.08 Å². The van der Waals surface area contributed by atoms with Crippen LogP contribution in [-0.4, -0.2) is 11.6 Å². The van der Waals surface area contributed by atoms with Crippen molar-refractivity contribution < 1.29 is 14.2 Å². The molecule has 0 heterocycles. The molecule has 0 saturated carbocycles. The van der Waals surface area contributed by atoms with Crippen molar-refractivity contribution in [3.05, 3.63) is 101 Å². The van der Waals surface area contributed by atoms with E-state index in [0.717, 1.165) is 0 Å². The highest BCUT2D eigenvalue weighted by molar-refractivity contribution is 7.83. The van der Waals surface area contributed by atoms with Crippen LogP contribution in [-0.2, 0) is 9.36 Å². The lowest BCUT2D eigenvalue weighted by atomic mass is 9.95. The Morgan fingerprint density at radius 2 is 1.08 bits per heavy atom. The Morgan fingerprint density at radius 3 is 1.65 bits per heavy atom. The lowest BCUT2D eigenvalue weighted by molar-refractivity contribution is -0.111. The summed E-state index contributed by atoms with van der Waals surface area (Å²) in [6, 6.07) is 24.7. The lowest BCUT2D eigenvalue weighted by Crippen LogP contribution is -2.27. The first-order chi connectivity index (χ1) is 12.6. The van der Waals surface area contributed by atoms with E-state index in [1.54, 1.807) is 78.9 Å². The van der Waals surface area contributed by atoms with Crippen molar-refractivity contribution in [2.45, 2.75) is 0 Å². The maximum Gasteiger partial charge on any atom is 0.237 e. The Hall–Kier alpha value is -3.03. The van der Waals surface area contributed by atoms with Gasteiger partial charge in [0.05, 0.1) is 5.31 Å². The van der Waals surface area contributed by atoms with Gasteiger partial charge in [-0.3, -0.25) is 9.59 Å². The van der Waals surface area contributed by atoms with Crippen LogP contribution in [0.3, 0.4) is 0 Å². The van der Waals surface area contributed by atoms with Gasteiger partial charge < -0.3 is 4.57 Å². The van der Waals surface area contributed by atoms with Crippen molar-refractivity contribution >= 4 is 35.4 Å². The van der Waals surface area contributed by atoms with Crippen LogP contribution in [0.1, 0.15) is 15.9 Å². The van der Waals surface area contributed by atoms with Gasteiger partial charge in [-0.05, 0) is 11.6 Å². The van der Waals surface area contributed by atoms with Crippen LogP contribution >= 0.6 is 7.14 Å². The van der Waals surface area contributed by atoms with E-state index < -0.39 is 18.7 Å². The number of ketones is 2. The number of carbonyl (C=O) groups excluding carboxylic acids is 2. The van der Waals surface area contributed by atoms with Crippen molar-refractivity contribution in [2.24, 2.45) is 0 Å². The fourth-order valence-corrected chi connectivity index (χ4v) is 5.97. The van der Waals surface area contributed by atoms with E-state index in [2.05, 4.69) is 0 Å². The summed E-state index contributed by atoms with van der Waals surface area (Å²) in [6.45, 7) is 0. The first kappa shape index (κ1) is 16.4. The van der Waals surface area contributed by atoms with Crippen LogP contribution in [0.5, 0.6) is 0 Å². The molecule has 3 nitrogen and oxygen atoms in total. The molecule has 3 aromatic carbocycles. The van der Waals surface area contributed by atoms with Gasteiger partial charge in [0.1, 0.15) is 0 Å². The van der Waals surface area contributed by atoms with Gasteiger partial charge in [-0.2, -0.15) is 0 Å². The van der Waals surface area contributed by atoms with E-state index >= 15 is 0 Å². The molecule has 0 fully saturated rings. The maximum atomic E-state index is 14.3. The van der Waals surface area contributed by atoms with Gasteiger partial charge in [-0.25, -0.2) is 0 Å². The standard InChI is InChI=1S/C22H15O3P/c23-21-19-14-8-7-9-16(19)15-20(22(21)24)26(25,17-10-3-1-4-11-17)18-12-5-2-6-13-18/h1-15H. The monoisotopic (exact) mass is 358 g/mol. The van der Waals surface area contributed by atoms with Gasteiger partial charge in [0.25, 0.3) is 0 Å². The van der Waals surface area contributed by atoms with Crippen molar-refractivity contribution in [2.75, 3.05) is 0 Å². The molecule has 0 atom stereocenters. The molecule has 0 N–H and O–H groups in total. The van der Waals surface area contributed by atoms with Crippen molar-refractivity contribution in [1.82, 2.24) is 0 Å². The van der Waals surface area contributed by atoms with E-state index in [-0.39, 0.29) is 5.31 Å². The molecule has 3 aromatic rings. The quantitative estimate of drug-likeness (QED) is 0.528. The molecular weight excluding hydrogens is 343 g/mol. The number of carbonyl (C=O) groups is 2. The molecule has 0 unspecified atom stereocenters. The molecular formula is C22H15O3P. The van der Waals surface area contributed by atoms with Gasteiger partial charge in [0.15, 0.2) is 7.14 Å². The molecule has 0 aromatic heterocycles. The van der Waals surface area contributed by atoms with E-state index in [4.69, 9.17) is 0 Å². The number of allylic oxidation sites excluding steroid dienone is 1. The Labute approximate surface area is 151 Å². The highest BCUT2D eigenvalue weighted by Gasteiger charge is 2.41. The summed E-state index contributed by atoms with van der Waals surface area (Å²) in [5, 5.41) is 1.15. The first-order valence-electron chi connectivity index (χ1n) is 8.24. The molecule has 0 aliphatic heterocycles. The van der Waals surface area contributed by atoms with Crippen molar-refractivity contribution in [3.8, 4) is 0 Å². The minimum Gasteiger partial charge on any atom is -0.308 e. The smallest absolute Gasteiger partial charge is 0.237 e. The highest BCUT2D eigenvalue weighted by atomic mass is 31.2. The molecule has 1 aliphatic rings. The third kappa shape index (κ3) is 2.49. The Morgan fingerprint density at radius 1 is 0.577 bits per heavy atom. The Bertz CT molecular complexity index is 1040. The summed E-state index contributed by atoms with van der Waals surface area (Å²) in [4.78, 5) is 25.5. The summed E-state index contributed by atoms with van der Waals surface area (Å²) >= 11 is 0. The SMILES string of the molecule is O=C1C(=O)c2ccccc2C=C1P(=O)(c1ccccc1)c1ccccc1. The van der Waals surface area contributed by atoms with Crippen LogP contribution < -0.4 is 10.6 Å². The summed E-state index contributed by atoms with van der Waals surface area (Å²) < 4.78 is 14.3. The Kier molecular flexibility index (Phi) is 4.02. The van der Waals surface area contributed by atoms with Crippen LogP contribution in [0, 0.1) is 0 Å². The number of rotatable bonds is 3. The first-order valence-corrected chi connectivity index (χ1v) is 9.94. The third-order valence-corrected chi connectivity index (χ3v) is 7.58. The topological polar surface area (TPSA) is 51.2 Å². The summed E-state index contributed by atoms with van der Waals surface area (Å²) in [5.41, 5.74) is 0.980. The predicted molar refractivity (Wildman–Crippen MR) is 104 cm³/mol. The van der Waals surface area contributed by atoms with E-state index in [1.807, 2.05) is 12.1 Å². The zero-order valence-corrected chi connectivity index (χ0v) is 14.7. The second-order valence-corrected chi connectivity index (χ2v) is 8.79. The molecule has 0 bridgehead atoms. The lowest BCUT2D eigenvalue weighted by Gasteiger charge is -2.24. The molecule has 126 valence electrons. The Balaban J connectivity index is 2.03. The molecule has 26 heavy (non-hydrogen) atoms. The number of hydrogen-bond donors (Lipinski definition) is 0. The zero-order valence-electron chi connectivity index (χ0n) is 13.8. The molecule has 4 heteroatoms. The highest BCUT2D eigenvalue weighted by Crippen LogP contribution is 2.54. The average Bonchev–Trinajstić information content (AvgIpc) is 2.71. The van der Waals surface area contributed by atoms with Crippen LogP contribution in [0.4, 0.5) is 0 Å². The number of hydrogen-bond acceptors (Lipinski definition) is 3. The second kappa shape index (κ2) is 6.36. The van der Waals surface area contributed by atoms with Crippen molar-refractivity contribution in [3.63, 3.8) is 0 Å². The molecule has 0 spiro atoms. The molecule has 4 rings (SSSR count). The normalized spacial score (nSPS) is 13.9.